The van der Waals surface area contributed by atoms with Gasteiger partial charge in [-0.05, 0) is 39.5 Å². The van der Waals surface area contributed by atoms with Gasteiger partial charge in [0.15, 0.2) is 0 Å². The van der Waals surface area contributed by atoms with Crippen LogP contribution in [0.4, 0.5) is 0 Å². The largest absolute Gasteiger partial charge is 0.393 e. The molecule has 2 rings (SSSR count). The molecule has 0 aromatic carbocycles. The van der Waals surface area contributed by atoms with E-state index < -0.39 is 0 Å². The molecule has 2 heterocycles. The van der Waals surface area contributed by atoms with E-state index in [-0.39, 0.29) is 18.1 Å². The fraction of sp³-hybridized carbons (Fsp3) is 0.692. The summed E-state index contributed by atoms with van der Waals surface area (Å²) in [4.78, 5) is 14.3. The standard InChI is InChI=1S/C13H20N2O3/c1-9(16)7-11-5-3-4-6-15(11)13(17)12-8-14-18-10(12)2/h8-9,11,16H,3-7H2,1-2H3. The first-order valence-electron chi connectivity index (χ1n) is 6.50. The van der Waals surface area contributed by atoms with Gasteiger partial charge in [0.1, 0.15) is 11.3 Å². The Labute approximate surface area is 107 Å². The van der Waals surface area contributed by atoms with Crippen molar-refractivity contribution in [1.29, 1.82) is 0 Å². The summed E-state index contributed by atoms with van der Waals surface area (Å²) in [6.07, 6.45) is 4.82. The summed E-state index contributed by atoms with van der Waals surface area (Å²) in [6, 6.07) is 0.126. The number of nitrogens with zero attached hydrogens (tertiary/aromatic N) is 2. The third kappa shape index (κ3) is 2.72. The van der Waals surface area contributed by atoms with E-state index in [0.717, 1.165) is 25.8 Å². The maximum absolute atomic E-state index is 12.4. The third-order valence-corrected chi connectivity index (χ3v) is 3.48. The van der Waals surface area contributed by atoms with Crippen LogP contribution in [0.3, 0.4) is 0 Å². The zero-order valence-electron chi connectivity index (χ0n) is 10.9. The van der Waals surface area contributed by atoms with E-state index in [1.807, 2.05) is 4.90 Å². The number of aliphatic hydroxyl groups excluding tert-OH is 1. The minimum absolute atomic E-state index is 0.0286. The zero-order valence-corrected chi connectivity index (χ0v) is 10.9. The van der Waals surface area contributed by atoms with Crippen LogP contribution in [-0.4, -0.2) is 39.8 Å². The van der Waals surface area contributed by atoms with Crippen molar-refractivity contribution in [3.8, 4) is 0 Å². The average Bonchev–Trinajstić information content (AvgIpc) is 2.74. The van der Waals surface area contributed by atoms with Crippen LogP contribution in [0.15, 0.2) is 10.7 Å². The van der Waals surface area contributed by atoms with Crippen molar-refractivity contribution in [1.82, 2.24) is 10.1 Å². The smallest absolute Gasteiger partial charge is 0.259 e. The van der Waals surface area contributed by atoms with E-state index in [0.29, 0.717) is 17.7 Å². The van der Waals surface area contributed by atoms with Gasteiger partial charge in [-0.3, -0.25) is 4.79 Å². The second-order valence-electron chi connectivity index (χ2n) is 5.03. The summed E-state index contributed by atoms with van der Waals surface area (Å²) in [5.41, 5.74) is 0.535. The molecule has 0 radical (unpaired) electrons. The Kier molecular flexibility index (Phi) is 4.01. The van der Waals surface area contributed by atoms with Crippen LogP contribution in [0.1, 0.15) is 48.7 Å². The number of aryl methyl sites for hydroxylation is 1. The van der Waals surface area contributed by atoms with Gasteiger partial charge in [0, 0.05) is 12.6 Å². The first-order valence-corrected chi connectivity index (χ1v) is 6.50. The maximum Gasteiger partial charge on any atom is 0.259 e. The second-order valence-corrected chi connectivity index (χ2v) is 5.03. The lowest BCUT2D eigenvalue weighted by atomic mass is 9.96. The van der Waals surface area contributed by atoms with E-state index in [9.17, 15) is 9.90 Å². The number of carbonyl (C=O) groups excluding carboxylic acids is 1. The molecule has 0 aliphatic carbocycles. The molecular weight excluding hydrogens is 232 g/mol. The highest BCUT2D eigenvalue weighted by molar-refractivity contribution is 5.95. The number of amides is 1. The number of hydrogen-bond acceptors (Lipinski definition) is 4. The molecule has 1 aromatic rings. The molecule has 5 nitrogen and oxygen atoms in total. The highest BCUT2D eigenvalue weighted by Crippen LogP contribution is 2.23. The van der Waals surface area contributed by atoms with Gasteiger partial charge in [-0.15, -0.1) is 0 Å². The van der Waals surface area contributed by atoms with Crippen LogP contribution < -0.4 is 0 Å². The number of aromatic nitrogens is 1. The molecule has 0 spiro atoms. The Morgan fingerprint density at radius 1 is 1.67 bits per heavy atom. The van der Waals surface area contributed by atoms with Crippen molar-refractivity contribution in [3.05, 3.63) is 17.5 Å². The number of hydrogen-bond donors (Lipinski definition) is 1. The normalized spacial score (nSPS) is 21.9. The van der Waals surface area contributed by atoms with Crippen LogP contribution in [0, 0.1) is 6.92 Å². The Morgan fingerprint density at radius 2 is 2.44 bits per heavy atom. The fourth-order valence-corrected chi connectivity index (χ4v) is 2.57. The molecule has 0 bridgehead atoms. The van der Waals surface area contributed by atoms with E-state index in [4.69, 9.17) is 4.52 Å². The van der Waals surface area contributed by atoms with Crippen molar-refractivity contribution in [2.45, 2.75) is 51.7 Å². The van der Waals surface area contributed by atoms with Crippen LogP contribution in [0.5, 0.6) is 0 Å². The lowest BCUT2D eigenvalue weighted by molar-refractivity contribution is 0.0513. The molecular formula is C13H20N2O3. The zero-order chi connectivity index (χ0) is 13.1. The van der Waals surface area contributed by atoms with Gasteiger partial charge in [-0.1, -0.05) is 5.16 Å². The number of aliphatic hydroxyl groups is 1. The first-order chi connectivity index (χ1) is 8.59. The molecule has 0 saturated carbocycles. The maximum atomic E-state index is 12.4. The number of carbonyl (C=O) groups is 1. The summed E-state index contributed by atoms with van der Waals surface area (Å²) in [5.74, 6) is 0.528. The quantitative estimate of drug-likeness (QED) is 0.890. The van der Waals surface area contributed by atoms with Crippen molar-refractivity contribution in [2.24, 2.45) is 0 Å². The van der Waals surface area contributed by atoms with Crippen molar-refractivity contribution < 1.29 is 14.4 Å². The molecule has 1 N–H and O–H groups in total. The first kappa shape index (κ1) is 13.1. The molecule has 2 unspecified atom stereocenters. The van der Waals surface area contributed by atoms with Crippen molar-refractivity contribution >= 4 is 5.91 Å². The molecule has 5 heteroatoms. The molecule has 1 saturated heterocycles. The highest BCUT2D eigenvalue weighted by atomic mass is 16.5. The van der Waals surface area contributed by atoms with Gasteiger partial charge in [0.2, 0.25) is 0 Å². The lowest BCUT2D eigenvalue weighted by Crippen LogP contribution is -2.45. The molecule has 18 heavy (non-hydrogen) atoms. The van der Waals surface area contributed by atoms with Crippen molar-refractivity contribution in [2.75, 3.05) is 6.54 Å². The molecule has 100 valence electrons. The second kappa shape index (κ2) is 5.52. The molecule has 1 aliphatic rings. The predicted octanol–water partition coefficient (Wildman–Crippen LogP) is 1.75. The summed E-state index contributed by atoms with van der Waals surface area (Å²) in [7, 11) is 0. The Balaban J connectivity index is 2.13. The summed E-state index contributed by atoms with van der Waals surface area (Å²) < 4.78 is 4.95. The highest BCUT2D eigenvalue weighted by Gasteiger charge is 2.29. The van der Waals surface area contributed by atoms with E-state index in [1.165, 1.54) is 6.20 Å². The molecule has 1 aliphatic heterocycles. The van der Waals surface area contributed by atoms with E-state index in [1.54, 1.807) is 13.8 Å². The monoisotopic (exact) mass is 252 g/mol. The average molecular weight is 252 g/mol. The number of piperidine rings is 1. The minimum Gasteiger partial charge on any atom is -0.393 e. The van der Waals surface area contributed by atoms with Crippen molar-refractivity contribution in [3.63, 3.8) is 0 Å². The third-order valence-electron chi connectivity index (χ3n) is 3.48. The van der Waals surface area contributed by atoms with Gasteiger partial charge < -0.3 is 14.5 Å². The van der Waals surface area contributed by atoms with Gasteiger partial charge in [-0.25, -0.2) is 0 Å². The molecule has 2 atom stereocenters. The lowest BCUT2D eigenvalue weighted by Gasteiger charge is -2.36. The van der Waals surface area contributed by atoms with Crippen LogP contribution in [0.2, 0.25) is 0 Å². The minimum atomic E-state index is -0.382. The molecule has 1 fully saturated rings. The number of likely N-dealkylation sites (tertiary alicyclic amines) is 1. The Hall–Kier alpha value is -1.36. The predicted molar refractivity (Wildman–Crippen MR) is 66.2 cm³/mol. The Morgan fingerprint density at radius 3 is 3.06 bits per heavy atom. The van der Waals surface area contributed by atoms with E-state index in [2.05, 4.69) is 5.16 Å². The van der Waals surface area contributed by atoms with Gasteiger partial charge >= 0.3 is 0 Å². The van der Waals surface area contributed by atoms with Crippen LogP contribution in [0.25, 0.3) is 0 Å². The number of rotatable bonds is 3. The topological polar surface area (TPSA) is 66.6 Å². The fourth-order valence-electron chi connectivity index (χ4n) is 2.57. The summed E-state index contributed by atoms with van der Waals surface area (Å²) >= 11 is 0. The van der Waals surface area contributed by atoms with Crippen LogP contribution in [-0.2, 0) is 0 Å². The Bertz CT molecular complexity index is 414. The van der Waals surface area contributed by atoms with Gasteiger partial charge in [-0.2, -0.15) is 0 Å². The SMILES string of the molecule is Cc1oncc1C(=O)N1CCCCC1CC(C)O. The summed E-state index contributed by atoms with van der Waals surface area (Å²) in [5, 5.41) is 13.2. The van der Waals surface area contributed by atoms with E-state index >= 15 is 0 Å². The van der Waals surface area contributed by atoms with Gasteiger partial charge in [0.05, 0.1) is 12.3 Å². The molecule has 1 aromatic heterocycles. The van der Waals surface area contributed by atoms with Gasteiger partial charge in [0.25, 0.3) is 5.91 Å². The molecule has 1 amide bonds. The summed E-state index contributed by atoms with van der Waals surface area (Å²) in [6.45, 7) is 4.26. The van der Waals surface area contributed by atoms with Crippen LogP contribution >= 0.6 is 0 Å².